The zero-order valence-corrected chi connectivity index (χ0v) is 12.4. The van der Waals surface area contributed by atoms with Gasteiger partial charge in [-0.2, -0.15) is 0 Å². The summed E-state index contributed by atoms with van der Waals surface area (Å²) in [6.07, 6.45) is 1.81. The highest BCUT2D eigenvalue weighted by atomic mass is 32.1. The van der Waals surface area contributed by atoms with Gasteiger partial charge in [-0.3, -0.25) is 4.79 Å². The first-order valence-corrected chi connectivity index (χ1v) is 7.44. The molecule has 0 radical (unpaired) electrons. The number of rotatable bonds is 4. The summed E-state index contributed by atoms with van der Waals surface area (Å²) in [5, 5.41) is 10.1. The van der Waals surface area contributed by atoms with Crippen molar-refractivity contribution in [2.24, 2.45) is 0 Å². The van der Waals surface area contributed by atoms with Crippen LogP contribution in [0.4, 0.5) is 0 Å². The number of hydrogen-bond donors (Lipinski definition) is 1. The Hall–Kier alpha value is -1.47. The fourth-order valence-corrected chi connectivity index (χ4v) is 3.28. The third kappa shape index (κ3) is 2.99. The Kier molecular flexibility index (Phi) is 4.72. The van der Waals surface area contributed by atoms with Gasteiger partial charge in [0.2, 0.25) is 0 Å². The normalized spacial score (nSPS) is 19.1. The number of aromatic nitrogens is 1. The second kappa shape index (κ2) is 6.32. The Labute approximate surface area is 121 Å². The molecule has 7 heteroatoms. The summed E-state index contributed by atoms with van der Waals surface area (Å²) in [6.45, 7) is 4.56. The van der Waals surface area contributed by atoms with Crippen molar-refractivity contribution in [3.8, 4) is 0 Å². The second-order valence-corrected chi connectivity index (χ2v) is 5.78. The fourth-order valence-electron chi connectivity index (χ4n) is 2.15. The van der Waals surface area contributed by atoms with E-state index < -0.39 is 12.0 Å². The summed E-state index contributed by atoms with van der Waals surface area (Å²) in [4.78, 5) is 30.0. The highest BCUT2D eigenvalue weighted by Gasteiger charge is 2.34. The van der Waals surface area contributed by atoms with Gasteiger partial charge in [-0.1, -0.05) is 6.92 Å². The monoisotopic (exact) mass is 298 g/mol. The van der Waals surface area contributed by atoms with Gasteiger partial charge in [-0.15, -0.1) is 11.3 Å². The molecule has 1 fully saturated rings. The van der Waals surface area contributed by atoms with Crippen LogP contribution in [0.15, 0.2) is 0 Å². The summed E-state index contributed by atoms with van der Waals surface area (Å²) >= 11 is 1.36. The Bertz CT molecular complexity index is 514. The number of ether oxygens (including phenoxy) is 1. The quantitative estimate of drug-likeness (QED) is 0.907. The maximum Gasteiger partial charge on any atom is 0.328 e. The molecule has 0 aliphatic carbocycles. The van der Waals surface area contributed by atoms with E-state index in [-0.39, 0.29) is 12.5 Å². The third-order valence-corrected chi connectivity index (χ3v) is 4.38. The lowest BCUT2D eigenvalue weighted by Crippen LogP contribution is -2.52. The Morgan fingerprint density at radius 1 is 1.55 bits per heavy atom. The first-order chi connectivity index (χ1) is 9.54. The summed E-state index contributed by atoms with van der Waals surface area (Å²) in [7, 11) is 0. The highest BCUT2D eigenvalue weighted by molar-refractivity contribution is 7.13. The van der Waals surface area contributed by atoms with E-state index in [2.05, 4.69) is 11.9 Å². The van der Waals surface area contributed by atoms with E-state index in [0.717, 1.165) is 17.8 Å². The van der Waals surface area contributed by atoms with E-state index in [1.807, 2.05) is 0 Å². The number of carboxylic acid groups (broad SMARTS) is 1. The van der Waals surface area contributed by atoms with E-state index >= 15 is 0 Å². The second-order valence-electron chi connectivity index (χ2n) is 4.70. The first kappa shape index (κ1) is 14.9. The predicted octanol–water partition coefficient (Wildman–Crippen LogP) is 1.33. The van der Waals surface area contributed by atoms with Crippen molar-refractivity contribution in [3.05, 3.63) is 15.6 Å². The molecule has 1 atom stereocenters. The number of aryl methyl sites for hydroxylation is 2. The molecule has 0 bridgehead atoms. The standard InChI is InChI=1S/C13H18N2O4S/c1-3-4-10-14-8(2)11(20-10)12(16)15-5-6-19-7-9(15)13(17)18/h9H,3-7H2,1-2H3,(H,17,18)/t9-/m0/s1. The van der Waals surface area contributed by atoms with Gasteiger partial charge in [0.05, 0.1) is 23.9 Å². The molecule has 1 saturated heterocycles. The molecule has 0 saturated carbocycles. The molecule has 20 heavy (non-hydrogen) atoms. The van der Waals surface area contributed by atoms with Crippen LogP contribution in [-0.2, 0) is 16.0 Å². The van der Waals surface area contributed by atoms with Crippen molar-refractivity contribution >= 4 is 23.2 Å². The molecule has 1 amide bonds. The van der Waals surface area contributed by atoms with Gasteiger partial charge in [0.15, 0.2) is 6.04 Å². The zero-order chi connectivity index (χ0) is 14.7. The summed E-state index contributed by atoms with van der Waals surface area (Å²) < 4.78 is 5.15. The lowest BCUT2D eigenvalue weighted by molar-refractivity contribution is -0.147. The molecule has 110 valence electrons. The molecule has 2 heterocycles. The van der Waals surface area contributed by atoms with Crippen LogP contribution in [0, 0.1) is 6.92 Å². The van der Waals surface area contributed by atoms with Crippen molar-refractivity contribution in [2.45, 2.75) is 32.7 Å². The fraction of sp³-hybridized carbons (Fsp3) is 0.615. The van der Waals surface area contributed by atoms with Crippen LogP contribution in [0.2, 0.25) is 0 Å². The van der Waals surface area contributed by atoms with Crippen molar-refractivity contribution in [1.82, 2.24) is 9.88 Å². The molecule has 0 spiro atoms. The predicted molar refractivity (Wildman–Crippen MR) is 74.1 cm³/mol. The Morgan fingerprint density at radius 2 is 2.30 bits per heavy atom. The molecule has 1 aromatic heterocycles. The minimum absolute atomic E-state index is 0.0424. The molecule has 6 nitrogen and oxygen atoms in total. The van der Waals surface area contributed by atoms with Crippen LogP contribution in [0.1, 0.15) is 33.7 Å². The van der Waals surface area contributed by atoms with Crippen LogP contribution in [0.25, 0.3) is 0 Å². The minimum Gasteiger partial charge on any atom is -0.480 e. The minimum atomic E-state index is -1.03. The van der Waals surface area contributed by atoms with Crippen LogP contribution in [0.5, 0.6) is 0 Å². The number of carbonyl (C=O) groups is 2. The molecule has 2 rings (SSSR count). The molecular formula is C13H18N2O4S. The molecule has 1 aromatic rings. The maximum atomic E-state index is 12.5. The van der Waals surface area contributed by atoms with Gasteiger partial charge in [0, 0.05) is 6.54 Å². The average Bonchev–Trinajstić information content (AvgIpc) is 2.79. The Morgan fingerprint density at radius 3 is 2.95 bits per heavy atom. The summed E-state index contributed by atoms with van der Waals surface area (Å²) in [5.41, 5.74) is 0.680. The van der Waals surface area contributed by atoms with Crippen molar-refractivity contribution in [2.75, 3.05) is 19.8 Å². The smallest absolute Gasteiger partial charge is 0.328 e. The lowest BCUT2D eigenvalue weighted by atomic mass is 10.2. The largest absolute Gasteiger partial charge is 0.480 e. The maximum absolute atomic E-state index is 12.5. The topological polar surface area (TPSA) is 79.7 Å². The molecule has 0 unspecified atom stereocenters. The van der Waals surface area contributed by atoms with Gasteiger partial charge >= 0.3 is 5.97 Å². The van der Waals surface area contributed by atoms with Crippen LogP contribution >= 0.6 is 11.3 Å². The SMILES string of the molecule is CCCc1nc(C)c(C(=O)N2CCOC[C@H]2C(=O)O)s1. The van der Waals surface area contributed by atoms with Crippen LogP contribution in [-0.4, -0.2) is 52.7 Å². The molecule has 1 N–H and O–H groups in total. The van der Waals surface area contributed by atoms with Crippen LogP contribution < -0.4 is 0 Å². The number of aliphatic carboxylic acids is 1. The number of amides is 1. The Balaban J connectivity index is 2.22. The van der Waals surface area contributed by atoms with Crippen LogP contribution in [0.3, 0.4) is 0 Å². The first-order valence-electron chi connectivity index (χ1n) is 6.62. The van der Waals surface area contributed by atoms with Gasteiger partial charge < -0.3 is 14.7 Å². The molecular weight excluding hydrogens is 280 g/mol. The number of hydrogen-bond acceptors (Lipinski definition) is 5. The number of carboxylic acids is 1. The van der Waals surface area contributed by atoms with E-state index in [1.165, 1.54) is 16.2 Å². The van der Waals surface area contributed by atoms with E-state index in [9.17, 15) is 14.7 Å². The lowest BCUT2D eigenvalue weighted by Gasteiger charge is -2.32. The zero-order valence-electron chi connectivity index (χ0n) is 11.6. The third-order valence-electron chi connectivity index (χ3n) is 3.17. The van der Waals surface area contributed by atoms with Gasteiger partial charge in [0.1, 0.15) is 4.88 Å². The number of morpholine rings is 1. The molecule has 0 aromatic carbocycles. The van der Waals surface area contributed by atoms with Crippen molar-refractivity contribution in [3.63, 3.8) is 0 Å². The van der Waals surface area contributed by atoms with Crippen molar-refractivity contribution < 1.29 is 19.4 Å². The summed E-state index contributed by atoms with van der Waals surface area (Å²) in [5.74, 6) is -1.29. The van der Waals surface area contributed by atoms with Gasteiger partial charge in [0.25, 0.3) is 5.91 Å². The van der Waals surface area contributed by atoms with Gasteiger partial charge in [-0.05, 0) is 19.8 Å². The van der Waals surface area contributed by atoms with E-state index in [1.54, 1.807) is 6.92 Å². The molecule has 1 aliphatic rings. The summed E-state index contributed by atoms with van der Waals surface area (Å²) in [6, 6.07) is -0.910. The number of carbonyl (C=O) groups excluding carboxylic acids is 1. The van der Waals surface area contributed by atoms with E-state index in [0.29, 0.717) is 23.7 Å². The average molecular weight is 298 g/mol. The van der Waals surface area contributed by atoms with Gasteiger partial charge in [-0.25, -0.2) is 9.78 Å². The van der Waals surface area contributed by atoms with Crippen molar-refractivity contribution in [1.29, 1.82) is 0 Å². The number of thiazole rings is 1. The van der Waals surface area contributed by atoms with E-state index in [4.69, 9.17) is 4.74 Å². The molecule has 1 aliphatic heterocycles. The number of nitrogens with zero attached hydrogens (tertiary/aromatic N) is 2. The highest BCUT2D eigenvalue weighted by Crippen LogP contribution is 2.23.